The van der Waals surface area contributed by atoms with Crippen molar-refractivity contribution in [1.29, 1.82) is 0 Å². The van der Waals surface area contributed by atoms with Crippen molar-refractivity contribution in [2.24, 2.45) is 0 Å². The van der Waals surface area contributed by atoms with Crippen molar-refractivity contribution in [3.8, 4) is 0 Å². The van der Waals surface area contributed by atoms with Crippen LogP contribution in [0.5, 0.6) is 0 Å². The zero-order chi connectivity index (χ0) is 18.8. The Bertz CT molecular complexity index is 846. The molecule has 1 N–H and O–H groups in total. The summed E-state index contributed by atoms with van der Waals surface area (Å²) in [6.45, 7) is 3.27. The molecule has 2 saturated heterocycles. The lowest BCUT2D eigenvalue weighted by molar-refractivity contribution is 0.359. The number of anilines is 1. The molecule has 1 aromatic rings. The molecule has 0 bridgehead atoms. The van der Waals surface area contributed by atoms with E-state index in [1.165, 1.54) is 22.5 Å². The first-order valence-electron chi connectivity index (χ1n) is 8.80. The van der Waals surface area contributed by atoms with Gasteiger partial charge >= 0.3 is 0 Å². The minimum Gasteiger partial charge on any atom is -0.302 e. The van der Waals surface area contributed by atoms with Gasteiger partial charge in [-0.15, -0.1) is 0 Å². The second-order valence-corrected chi connectivity index (χ2v) is 10.9. The third-order valence-electron chi connectivity index (χ3n) is 4.78. The predicted molar refractivity (Wildman–Crippen MR) is 103 cm³/mol. The fraction of sp³-hybridized carbons (Fsp3) is 0.625. The van der Waals surface area contributed by atoms with Crippen LogP contribution >= 0.6 is 11.6 Å². The third-order valence-corrected chi connectivity index (χ3v) is 8.26. The Morgan fingerprint density at radius 1 is 0.962 bits per heavy atom. The number of likely N-dealkylation sites (tertiary alicyclic amines) is 1. The highest BCUT2D eigenvalue weighted by Crippen LogP contribution is 2.29. The van der Waals surface area contributed by atoms with E-state index >= 15 is 0 Å². The second-order valence-electron chi connectivity index (χ2n) is 6.72. The van der Waals surface area contributed by atoms with Gasteiger partial charge < -0.3 is 4.90 Å². The summed E-state index contributed by atoms with van der Waals surface area (Å²) in [6.07, 6.45) is 3.86. The summed E-state index contributed by atoms with van der Waals surface area (Å²) in [5.74, 6) is -0.0492. The summed E-state index contributed by atoms with van der Waals surface area (Å²) in [7, 11) is -7.24. The maximum atomic E-state index is 12.7. The fourth-order valence-electron chi connectivity index (χ4n) is 3.29. The van der Waals surface area contributed by atoms with E-state index in [1.54, 1.807) is 0 Å². The van der Waals surface area contributed by atoms with E-state index in [9.17, 15) is 16.8 Å². The van der Waals surface area contributed by atoms with Crippen molar-refractivity contribution >= 4 is 37.3 Å². The molecule has 2 fully saturated rings. The molecular weight excluding hydrogens is 398 g/mol. The van der Waals surface area contributed by atoms with Crippen molar-refractivity contribution in [3.05, 3.63) is 23.2 Å². The molecule has 0 atom stereocenters. The Kier molecular flexibility index (Phi) is 6.13. The lowest BCUT2D eigenvalue weighted by atomic mass is 10.3. The first-order chi connectivity index (χ1) is 12.3. The van der Waals surface area contributed by atoms with Crippen molar-refractivity contribution in [2.45, 2.75) is 30.6 Å². The van der Waals surface area contributed by atoms with Crippen molar-refractivity contribution < 1.29 is 16.8 Å². The van der Waals surface area contributed by atoms with Gasteiger partial charge in [0.05, 0.1) is 21.4 Å². The topological polar surface area (TPSA) is 86.8 Å². The molecule has 0 unspecified atom stereocenters. The number of hydrogen-bond acceptors (Lipinski definition) is 5. The first kappa shape index (κ1) is 19.9. The molecule has 2 heterocycles. The summed E-state index contributed by atoms with van der Waals surface area (Å²) >= 11 is 6.09. The Balaban J connectivity index is 1.74. The summed E-state index contributed by atoms with van der Waals surface area (Å²) in [4.78, 5) is 2.16. The molecule has 146 valence electrons. The van der Waals surface area contributed by atoms with Crippen LogP contribution in [0.25, 0.3) is 0 Å². The van der Waals surface area contributed by atoms with Gasteiger partial charge in [0.15, 0.2) is 0 Å². The van der Waals surface area contributed by atoms with Crippen molar-refractivity contribution in [3.63, 3.8) is 0 Å². The molecular formula is C16H24ClN3O4S2. The van der Waals surface area contributed by atoms with Crippen LogP contribution in [-0.4, -0.2) is 64.5 Å². The summed E-state index contributed by atoms with van der Waals surface area (Å²) in [5.41, 5.74) is 0.105. The van der Waals surface area contributed by atoms with Crippen LogP contribution in [0.3, 0.4) is 0 Å². The standard InChI is InChI=1S/C16H24ClN3O4S2/c17-15-6-5-14(26(23,24)20-9-3-4-10-20)13-16(15)18-25(21,22)12-11-19-7-1-2-8-19/h5-6,13,18H,1-4,7-12H2. The van der Waals surface area contributed by atoms with Gasteiger partial charge in [-0.1, -0.05) is 11.6 Å². The third kappa shape index (κ3) is 4.69. The first-order valence-corrected chi connectivity index (χ1v) is 12.3. The van der Waals surface area contributed by atoms with Gasteiger partial charge in [0.1, 0.15) is 0 Å². The molecule has 7 nitrogen and oxygen atoms in total. The maximum absolute atomic E-state index is 12.7. The normalized spacial score (nSPS) is 19.9. The number of benzene rings is 1. The quantitative estimate of drug-likeness (QED) is 0.727. The predicted octanol–water partition coefficient (Wildman–Crippen LogP) is 1.96. The van der Waals surface area contributed by atoms with E-state index < -0.39 is 20.0 Å². The molecule has 0 amide bonds. The number of sulfonamides is 2. The van der Waals surface area contributed by atoms with E-state index in [1.807, 2.05) is 0 Å². The SMILES string of the molecule is O=S(=O)(CCN1CCCC1)Nc1cc(S(=O)(=O)N2CCCC2)ccc1Cl. The van der Waals surface area contributed by atoms with E-state index in [2.05, 4.69) is 9.62 Å². The zero-order valence-corrected chi connectivity index (χ0v) is 16.9. The van der Waals surface area contributed by atoms with E-state index in [0.29, 0.717) is 19.6 Å². The number of nitrogens with zero attached hydrogens (tertiary/aromatic N) is 2. The van der Waals surface area contributed by atoms with Gasteiger partial charge in [0.25, 0.3) is 0 Å². The molecule has 26 heavy (non-hydrogen) atoms. The summed E-state index contributed by atoms with van der Waals surface area (Å²) < 4.78 is 53.9. The number of hydrogen-bond donors (Lipinski definition) is 1. The van der Waals surface area contributed by atoms with E-state index in [0.717, 1.165) is 38.8 Å². The van der Waals surface area contributed by atoms with E-state index in [4.69, 9.17) is 11.6 Å². The lowest BCUT2D eigenvalue weighted by Gasteiger charge is -2.18. The van der Waals surface area contributed by atoms with Crippen LogP contribution in [0.4, 0.5) is 5.69 Å². The molecule has 2 aliphatic rings. The number of nitrogens with one attached hydrogen (secondary N) is 1. The molecule has 0 radical (unpaired) electrons. The highest BCUT2D eigenvalue weighted by molar-refractivity contribution is 7.92. The molecule has 10 heteroatoms. The van der Waals surface area contributed by atoms with Crippen molar-refractivity contribution in [2.75, 3.05) is 43.2 Å². The van der Waals surface area contributed by atoms with Gasteiger partial charge in [-0.25, -0.2) is 16.8 Å². The minimum absolute atomic E-state index is 0.0492. The Morgan fingerprint density at radius 3 is 2.23 bits per heavy atom. The molecule has 0 aromatic heterocycles. The van der Waals surface area contributed by atoms with Gasteiger partial charge in [0.2, 0.25) is 20.0 Å². The molecule has 0 saturated carbocycles. The Hall–Kier alpha value is -0.870. The fourth-order valence-corrected chi connectivity index (χ4v) is 6.16. The Labute approximate surface area is 160 Å². The van der Waals surface area contributed by atoms with Crippen LogP contribution in [0, 0.1) is 0 Å². The highest BCUT2D eigenvalue weighted by Gasteiger charge is 2.28. The average Bonchev–Trinajstić information content (AvgIpc) is 3.28. The van der Waals surface area contributed by atoms with Gasteiger partial charge in [-0.05, 0) is 57.0 Å². The molecule has 0 spiro atoms. The van der Waals surface area contributed by atoms with E-state index in [-0.39, 0.29) is 21.4 Å². The highest BCUT2D eigenvalue weighted by atomic mass is 35.5. The molecule has 3 rings (SSSR count). The van der Waals surface area contributed by atoms with Gasteiger partial charge in [-0.3, -0.25) is 4.72 Å². The van der Waals surface area contributed by atoms with Crippen molar-refractivity contribution in [1.82, 2.24) is 9.21 Å². The summed E-state index contributed by atoms with van der Waals surface area (Å²) in [6, 6.07) is 4.14. The monoisotopic (exact) mass is 421 g/mol. The maximum Gasteiger partial charge on any atom is 0.243 e. The number of halogens is 1. The molecule has 0 aliphatic carbocycles. The van der Waals surface area contributed by atoms with Gasteiger partial charge in [-0.2, -0.15) is 4.31 Å². The average molecular weight is 422 g/mol. The van der Waals surface area contributed by atoms with Crippen LogP contribution in [0.1, 0.15) is 25.7 Å². The van der Waals surface area contributed by atoms with Crippen LogP contribution < -0.4 is 4.72 Å². The Morgan fingerprint density at radius 2 is 1.58 bits per heavy atom. The van der Waals surface area contributed by atoms with Gasteiger partial charge in [0, 0.05) is 19.6 Å². The molecule has 1 aromatic carbocycles. The van der Waals surface area contributed by atoms with Crippen LogP contribution in [-0.2, 0) is 20.0 Å². The smallest absolute Gasteiger partial charge is 0.243 e. The molecule has 2 aliphatic heterocycles. The minimum atomic E-state index is -3.63. The second kappa shape index (κ2) is 8.02. The van der Waals surface area contributed by atoms with Crippen LogP contribution in [0.2, 0.25) is 5.02 Å². The largest absolute Gasteiger partial charge is 0.302 e. The van der Waals surface area contributed by atoms with Crippen LogP contribution in [0.15, 0.2) is 23.1 Å². The number of rotatable bonds is 7. The lowest BCUT2D eigenvalue weighted by Crippen LogP contribution is -2.30. The zero-order valence-electron chi connectivity index (χ0n) is 14.5. The summed E-state index contributed by atoms with van der Waals surface area (Å²) in [5, 5.41) is 0.176.